The van der Waals surface area contributed by atoms with Crippen LogP contribution in [0.25, 0.3) is 16.3 Å². The molecule has 2 heterocycles. The van der Waals surface area contributed by atoms with Gasteiger partial charge in [-0.2, -0.15) is 0 Å². The fourth-order valence-corrected chi connectivity index (χ4v) is 4.18. The van der Waals surface area contributed by atoms with Crippen LogP contribution in [0.3, 0.4) is 0 Å². The van der Waals surface area contributed by atoms with Crippen LogP contribution >= 0.6 is 11.3 Å². The van der Waals surface area contributed by atoms with Gasteiger partial charge in [0.05, 0.1) is 20.0 Å². The summed E-state index contributed by atoms with van der Waals surface area (Å²) in [5.41, 5.74) is 1.81. The summed E-state index contributed by atoms with van der Waals surface area (Å²) < 4.78 is 10.4. The lowest BCUT2D eigenvalue weighted by Crippen LogP contribution is -2.63. The molecule has 0 unspecified atom stereocenters. The molecule has 0 N–H and O–H groups in total. The Morgan fingerprint density at radius 2 is 1.88 bits per heavy atom. The van der Waals surface area contributed by atoms with Gasteiger partial charge >= 0.3 is 5.97 Å². The van der Waals surface area contributed by atoms with Gasteiger partial charge in [0, 0.05) is 116 Å². The third-order valence-corrected chi connectivity index (χ3v) is 6.06. The number of ether oxygens (including phenoxy) is 2. The number of nitrogens with zero attached hydrogens (tertiary/aromatic N) is 2. The highest BCUT2D eigenvalue weighted by molar-refractivity contribution is 8.01. The summed E-state index contributed by atoms with van der Waals surface area (Å²) in [6, 6.07) is 1.94. The molecule has 0 fully saturated rings. The van der Waals surface area contributed by atoms with Gasteiger partial charge < -0.3 is 14.4 Å². The first-order valence-electron chi connectivity index (χ1n) is 10.9. The summed E-state index contributed by atoms with van der Waals surface area (Å²) in [6.07, 6.45) is 5.16. The molecule has 0 atom stereocenters. The van der Waals surface area contributed by atoms with E-state index in [4.69, 9.17) is 55.9 Å². The predicted octanol–water partition coefficient (Wildman–Crippen LogP) is -0.252. The quantitative estimate of drug-likeness (QED) is 0.203. The van der Waals surface area contributed by atoms with Gasteiger partial charge in [-0.3, -0.25) is 0 Å². The van der Waals surface area contributed by atoms with E-state index >= 15 is 0 Å². The number of rotatable bonds is 11. The number of carbonyl (C=O) groups excluding carboxylic acids is 1. The molecule has 0 saturated heterocycles. The molecular weight excluding hydrogens is 431 g/mol. The van der Waals surface area contributed by atoms with Crippen LogP contribution in [0.1, 0.15) is 35.0 Å². The number of aromatic nitrogens is 1. The molecule has 34 heavy (non-hydrogen) atoms. The van der Waals surface area contributed by atoms with E-state index in [9.17, 15) is 4.79 Å². The van der Waals surface area contributed by atoms with Crippen molar-refractivity contribution in [1.29, 1.82) is 0 Å². The van der Waals surface area contributed by atoms with Crippen LogP contribution in [-0.4, -0.2) is 118 Å². The van der Waals surface area contributed by atoms with Crippen molar-refractivity contribution >= 4 is 118 Å². The van der Waals surface area contributed by atoms with Crippen molar-refractivity contribution in [3.8, 4) is 0 Å². The van der Waals surface area contributed by atoms with Crippen LogP contribution in [0.5, 0.6) is 0 Å². The van der Waals surface area contributed by atoms with Crippen molar-refractivity contribution in [1.82, 2.24) is 4.98 Å². The number of pyridine rings is 1. The summed E-state index contributed by atoms with van der Waals surface area (Å²) in [5, 5.41) is 0.943. The van der Waals surface area contributed by atoms with Crippen LogP contribution in [0.4, 0.5) is 5.69 Å². The molecule has 2 rings (SSSR count). The van der Waals surface area contributed by atoms with E-state index in [1.165, 1.54) is 25.5 Å². The molecule has 17 heteroatoms. The number of methoxy groups -OCH3 is 1. The van der Waals surface area contributed by atoms with Crippen molar-refractivity contribution in [2.45, 2.75) is 19.8 Å². The lowest BCUT2D eigenvalue weighted by Gasteiger charge is -2.25. The molecule has 2 aromatic heterocycles. The first-order valence-corrected chi connectivity index (χ1v) is 11.7. The molecule has 5 nitrogen and oxygen atoms in total. The van der Waals surface area contributed by atoms with Gasteiger partial charge in [0.15, 0.2) is 0 Å². The second kappa shape index (κ2) is 15.6. The van der Waals surface area contributed by atoms with Crippen LogP contribution in [0.2, 0.25) is 0 Å². The minimum absolute atomic E-state index is 0.356. The van der Waals surface area contributed by atoms with E-state index in [1.807, 2.05) is 31.1 Å². The third-order valence-electron chi connectivity index (χ3n) is 4.96. The van der Waals surface area contributed by atoms with E-state index in [1.54, 1.807) is 12.5 Å². The number of hydrogen-bond donors (Lipinski definition) is 0. The van der Waals surface area contributed by atoms with Gasteiger partial charge in [-0.15, -0.1) is 11.3 Å². The lowest BCUT2D eigenvalue weighted by molar-refractivity contribution is 0.0606. The van der Waals surface area contributed by atoms with Crippen molar-refractivity contribution in [2.24, 2.45) is 0 Å². The van der Waals surface area contributed by atoms with Gasteiger partial charge in [0.1, 0.15) is 9.71 Å². The van der Waals surface area contributed by atoms with Crippen molar-refractivity contribution < 1.29 is 14.3 Å². The Labute approximate surface area is 218 Å². The van der Waals surface area contributed by atoms with Gasteiger partial charge in [-0.05, 0) is 18.6 Å². The zero-order valence-electron chi connectivity index (χ0n) is 20.3. The molecule has 0 bridgehead atoms. The van der Waals surface area contributed by atoms with E-state index in [2.05, 4.69) is 11.9 Å². The second-order valence-corrected chi connectivity index (χ2v) is 8.77. The average Bonchev–Trinajstić information content (AvgIpc) is 3.16. The van der Waals surface area contributed by atoms with Crippen LogP contribution < -0.4 is 4.90 Å². The highest BCUT2D eigenvalue weighted by Gasteiger charge is 2.26. The highest BCUT2D eigenvalue weighted by Crippen LogP contribution is 2.37. The summed E-state index contributed by atoms with van der Waals surface area (Å²) in [6.45, 7) is 2.78. The maximum Gasteiger partial charge on any atom is 0.348 e. The van der Waals surface area contributed by atoms with Gasteiger partial charge in [0.2, 0.25) is 0 Å². The maximum absolute atomic E-state index is 12.1. The van der Waals surface area contributed by atoms with Crippen LogP contribution in [0, 0.1) is 0 Å². The zero-order valence-corrected chi connectivity index (χ0v) is 21.1. The molecule has 2 aromatic rings. The molecule has 0 aromatic carbocycles. The Hall–Kier alpha value is -1.37. The molecule has 13 radical (unpaired) electrons. The summed E-state index contributed by atoms with van der Waals surface area (Å²) in [7, 11) is 38.8. The first-order chi connectivity index (χ1) is 16.1. The molecule has 157 valence electrons. The SMILES string of the molecule is CCCCOC=Cc1c(C(=O)OC)sc2nccc(N(C)C)c12.[B][B]B([B])B(B([B])[B])B([B])[B]. The topological polar surface area (TPSA) is 51.7 Å². The summed E-state index contributed by atoms with van der Waals surface area (Å²) in [4.78, 5) is 19.8. The molecule has 0 aliphatic carbocycles. The van der Waals surface area contributed by atoms with E-state index in [0.29, 0.717) is 11.5 Å². The minimum Gasteiger partial charge on any atom is -0.501 e. The number of unbranched alkanes of at least 4 members (excludes halogenated alkanes) is 1. The Kier molecular flexibility index (Phi) is 14.1. The summed E-state index contributed by atoms with van der Waals surface area (Å²) in [5.74, 6) is -0.356. The Bertz CT molecular complexity index is 921. The monoisotopic (exact) mass is 455 g/mol. The third kappa shape index (κ3) is 8.69. The highest BCUT2D eigenvalue weighted by atomic mass is 32.1. The number of anilines is 1. The summed E-state index contributed by atoms with van der Waals surface area (Å²) >= 11 is 1.34. The van der Waals surface area contributed by atoms with Crippen molar-refractivity contribution in [2.75, 3.05) is 32.7 Å². The van der Waals surface area contributed by atoms with E-state index < -0.39 is 19.2 Å². The van der Waals surface area contributed by atoms with Crippen molar-refractivity contribution in [3.63, 3.8) is 0 Å². The van der Waals surface area contributed by atoms with E-state index in [-0.39, 0.29) is 12.4 Å². The van der Waals surface area contributed by atoms with Crippen LogP contribution in [-0.2, 0) is 9.47 Å². The number of carbonyl (C=O) groups is 1. The molecule has 0 aliphatic rings. The van der Waals surface area contributed by atoms with Gasteiger partial charge in [-0.25, -0.2) is 9.78 Å². The molecule has 0 aliphatic heterocycles. The number of thiophene rings is 1. The average molecular weight is 453 g/mol. The minimum atomic E-state index is -0.648. The maximum atomic E-state index is 12.1. The first kappa shape index (κ1) is 30.7. The smallest absolute Gasteiger partial charge is 0.348 e. The lowest BCUT2D eigenvalue weighted by atomic mass is 8.56. The standard InChI is InChI=1S/C17H22N2O3S.B11/c1-5-6-10-22-11-8-12-14-13(19(2)3)7-9-18-16(14)23-15(12)17(20)21-4;1-7-10(6)11(8(2)3)9(4)5/h7-9,11H,5-6,10H2,1-4H3;. The van der Waals surface area contributed by atoms with Crippen molar-refractivity contribution in [3.05, 3.63) is 29.0 Å². The molecule has 0 saturated carbocycles. The fourth-order valence-electron chi connectivity index (χ4n) is 3.11. The molecule has 0 spiro atoms. The fraction of sp³-hybridized carbons (Fsp3) is 0.412. The Morgan fingerprint density at radius 3 is 2.35 bits per heavy atom. The second-order valence-electron chi connectivity index (χ2n) is 7.77. The largest absolute Gasteiger partial charge is 0.501 e. The Balaban J connectivity index is 0.000000445. The van der Waals surface area contributed by atoms with Crippen LogP contribution in [0.15, 0.2) is 18.5 Å². The number of hydrogen-bond acceptors (Lipinski definition) is 6. The zero-order chi connectivity index (χ0) is 25.8. The normalized spacial score (nSPS) is 10.2. The molecular formula is C17H22B11N2O3S. The predicted molar refractivity (Wildman–Crippen MR) is 158 cm³/mol. The van der Waals surface area contributed by atoms with E-state index in [0.717, 1.165) is 34.3 Å². The Morgan fingerprint density at radius 1 is 1.24 bits per heavy atom. The van der Waals surface area contributed by atoms with Gasteiger partial charge in [-0.1, -0.05) is 13.3 Å². The van der Waals surface area contributed by atoms with Gasteiger partial charge in [0.25, 0.3) is 0 Å². The molecule has 0 amide bonds. The number of fused-ring (bicyclic) bond motifs is 1. The number of esters is 1.